The van der Waals surface area contributed by atoms with Gasteiger partial charge in [-0.25, -0.2) is 18.4 Å². The molecule has 0 bridgehead atoms. The summed E-state index contributed by atoms with van der Waals surface area (Å²) in [6.07, 6.45) is 4.50. The Bertz CT molecular complexity index is 1040. The van der Waals surface area contributed by atoms with E-state index in [1.807, 2.05) is 18.2 Å². The molecule has 3 heterocycles. The summed E-state index contributed by atoms with van der Waals surface area (Å²) in [5.41, 5.74) is 0.864. The molecule has 0 radical (unpaired) electrons. The van der Waals surface area contributed by atoms with Crippen molar-refractivity contribution in [2.45, 2.75) is 4.90 Å². The van der Waals surface area contributed by atoms with Crippen molar-refractivity contribution in [1.29, 1.82) is 0 Å². The van der Waals surface area contributed by atoms with Gasteiger partial charge in [-0.3, -0.25) is 4.98 Å². The Balaban J connectivity index is 1.57. The van der Waals surface area contributed by atoms with E-state index in [4.69, 9.17) is 0 Å². The zero-order chi connectivity index (χ0) is 18.1. The Hall–Kier alpha value is -2.10. The van der Waals surface area contributed by atoms with Crippen LogP contribution >= 0.6 is 15.9 Å². The monoisotopic (exact) mass is 433 g/mol. The van der Waals surface area contributed by atoms with Crippen molar-refractivity contribution in [3.63, 3.8) is 0 Å². The lowest BCUT2D eigenvalue weighted by Crippen LogP contribution is -2.49. The van der Waals surface area contributed by atoms with Gasteiger partial charge in [0.1, 0.15) is 17.0 Å². The molecule has 26 heavy (non-hydrogen) atoms. The summed E-state index contributed by atoms with van der Waals surface area (Å²) in [6.45, 7) is 1.93. The molecule has 0 spiro atoms. The van der Waals surface area contributed by atoms with E-state index in [9.17, 15) is 8.42 Å². The van der Waals surface area contributed by atoms with Crippen molar-refractivity contribution in [2.75, 3.05) is 31.1 Å². The van der Waals surface area contributed by atoms with E-state index in [1.165, 1.54) is 10.5 Å². The summed E-state index contributed by atoms with van der Waals surface area (Å²) in [4.78, 5) is 15.0. The van der Waals surface area contributed by atoms with Crippen LogP contribution in [0, 0.1) is 0 Å². The molecule has 1 aliphatic heterocycles. The predicted octanol–water partition coefficient (Wildman–Crippen LogP) is 2.30. The number of rotatable bonds is 3. The fraction of sp³-hybridized carbons (Fsp3) is 0.235. The molecule has 4 rings (SSSR count). The van der Waals surface area contributed by atoms with Crippen LogP contribution < -0.4 is 4.90 Å². The molecule has 1 aliphatic rings. The third-order valence-corrected chi connectivity index (χ3v) is 6.76. The van der Waals surface area contributed by atoms with E-state index >= 15 is 0 Å². The molecular formula is C17H16BrN5O2S. The fourth-order valence-electron chi connectivity index (χ4n) is 3.06. The van der Waals surface area contributed by atoms with Gasteiger partial charge in [0.25, 0.3) is 0 Å². The van der Waals surface area contributed by atoms with Crippen molar-refractivity contribution in [3.05, 3.63) is 53.5 Å². The van der Waals surface area contributed by atoms with Gasteiger partial charge in [-0.2, -0.15) is 4.31 Å². The average Bonchev–Trinajstić information content (AvgIpc) is 2.68. The van der Waals surface area contributed by atoms with E-state index in [2.05, 4.69) is 35.8 Å². The zero-order valence-electron chi connectivity index (χ0n) is 13.8. The summed E-state index contributed by atoms with van der Waals surface area (Å²) in [7, 11) is -3.51. The molecule has 0 aliphatic carbocycles. The first-order chi connectivity index (χ1) is 12.6. The number of sulfonamides is 1. The number of anilines is 1. The maximum atomic E-state index is 12.7. The minimum absolute atomic E-state index is 0.227. The zero-order valence-corrected chi connectivity index (χ0v) is 16.2. The Morgan fingerprint density at radius 1 is 1.04 bits per heavy atom. The number of piperazine rings is 1. The van der Waals surface area contributed by atoms with Gasteiger partial charge in [0.05, 0.1) is 5.52 Å². The molecule has 0 amide bonds. The van der Waals surface area contributed by atoms with Gasteiger partial charge >= 0.3 is 0 Å². The highest BCUT2D eigenvalue weighted by Gasteiger charge is 2.29. The summed E-state index contributed by atoms with van der Waals surface area (Å²) in [5.74, 6) is 0.828. The van der Waals surface area contributed by atoms with Crippen LogP contribution in [-0.2, 0) is 10.0 Å². The fourth-order valence-corrected chi connectivity index (χ4v) is 4.80. The van der Waals surface area contributed by atoms with Gasteiger partial charge in [-0.05, 0) is 30.3 Å². The highest BCUT2D eigenvalue weighted by atomic mass is 79.9. The minimum atomic E-state index is -3.51. The van der Waals surface area contributed by atoms with Gasteiger partial charge in [0.2, 0.25) is 10.0 Å². The predicted molar refractivity (Wildman–Crippen MR) is 102 cm³/mol. The maximum absolute atomic E-state index is 12.7. The first-order valence-electron chi connectivity index (χ1n) is 8.11. The number of halogens is 1. The molecule has 0 atom stereocenters. The molecule has 3 aromatic rings. The van der Waals surface area contributed by atoms with Crippen LogP contribution in [0.5, 0.6) is 0 Å². The standard InChI is InChI=1S/C17H16BrN5O2S/c18-13-3-4-16-15(10-13)17(21-12-20-16)22-6-8-23(9-7-22)26(24,25)14-2-1-5-19-11-14/h1-5,10-12H,6-9H2. The van der Waals surface area contributed by atoms with Crippen molar-refractivity contribution < 1.29 is 8.42 Å². The third-order valence-electron chi connectivity index (χ3n) is 4.39. The molecule has 1 fully saturated rings. The number of hydrogen-bond donors (Lipinski definition) is 0. The molecule has 7 nitrogen and oxygen atoms in total. The lowest BCUT2D eigenvalue weighted by molar-refractivity contribution is 0.384. The van der Waals surface area contributed by atoms with E-state index in [0.717, 1.165) is 21.2 Å². The van der Waals surface area contributed by atoms with Crippen LogP contribution in [-0.4, -0.2) is 53.9 Å². The molecular weight excluding hydrogens is 418 g/mol. The Labute approximate surface area is 159 Å². The number of nitrogens with zero attached hydrogens (tertiary/aromatic N) is 5. The van der Waals surface area contributed by atoms with Crippen molar-refractivity contribution in [3.8, 4) is 0 Å². The van der Waals surface area contributed by atoms with Gasteiger partial charge < -0.3 is 4.90 Å². The largest absolute Gasteiger partial charge is 0.353 e. The highest BCUT2D eigenvalue weighted by molar-refractivity contribution is 9.10. The number of hydrogen-bond acceptors (Lipinski definition) is 6. The lowest BCUT2D eigenvalue weighted by atomic mass is 10.2. The van der Waals surface area contributed by atoms with Gasteiger partial charge in [-0.1, -0.05) is 15.9 Å². The SMILES string of the molecule is O=S(=O)(c1cccnc1)N1CCN(c2ncnc3ccc(Br)cc23)CC1. The second-order valence-corrected chi connectivity index (χ2v) is 8.79. The summed E-state index contributed by atoms with van der Waals surface area (Å²) in [6, 6.07) is 9.08. The van der Waals surface area contributed by atoms with Crippen LogP contribution in [0.25, 0.3) is 10.9 Å². The van der Waals surface area contributed by atoms with Crippen LogP contribution in [0.15, 0.2) is 58.4 Å². The van der Waals surface area contributed by atoms with Gasteiger partial charge in [0.15, 0.2) is 0 Å². The van der Waals surface area contributed by atoms with E-state index in [-0.39, 0.29) is 4.90 Å². The second-order valence-electron chi connectivity index (χ2n) is 5.94. The lowest BCUT2D eigenvalue weighted by Gasteiger charge is -2.35. The summed E-state index contributed by atoms with van der Waals surface area (Å²) < 4.78 is 27.9. The molecule has 1 aromatic carbocycles. The molecule has 0 N–H and O–H groups in total. The average molecular weight is 434 g/mol. The molecule has 134 valence electrons. The maximum Gasteiger partial charge on any atom is 0.244 e. The quantitative estimate of drug-likeness (QED) is 0.630. The van der Waals surface area contributed by atoms with Crippen LogP contribution in [0.3, 0.4) is 0 Å². The number of pyridine rings is 1. The Morgan fingerprint density at radius 3 is 2.58 bits per heavy atom. The smallest absolute Gasteiger partial charge is 0.244 e. The Morgan fingerprint density at radius 2 is 1.85 bits per heavy atom. The first kappa shape index (κ1) is 17.3. The van der Waals surface area contributed by atoms with Crippen molar-refractivity contribution in [1.82, 2.24) is 19.3 Å². The second kappa shape index (κ2) is 6.90. The number of fused-ring (bicyclic) bond motifs is 1. The Kier molecular flexibility index (Phi) is 4.60. The van der Waals surface area contributed by atoms with Crippen LogP contribution in [0.2, 0.25) is 0 Å². The van der Waals surface area contributed by atoms with E-state index in [0.29, 0.717) is 26.2 Å². The van der Waals surface area contributed by atoms with E-state index in [1.54, 1.807) is 24.7 Å². The molecule has 2 aromatic heterocycles. The normalized spacial score (nSPS) is 16.1. The third kappa shape index (κ3) is 3.17. The van der Waals surface area contributed by atoms with Crippen molar-refractivity contribution in [2.24, 2.45) is 0 Å². The summed E-state index contributed by atoms with van der Waals surface area (Å²) >= 11 is 3.48. The van der Waals surface area contributed by atoms with Gasteiger partial charge in [0, 0.05) is 48.4 Å². The first-order valence-corrected chi connectivity index (χ1v) is 10.3. The van der Waals surface area contributed by atoms with Crippen LogP contribution in [0.1, 0.15) is 0 Å². The minimum Gasteiger partial charge on any atom is -0.353 e. The number of benzene rings is 1. The summed E-state index contributed by atoms with van der Waals surface area (Å²) in [5, 5.41) is 0.949. The molecule has 9 heteroatoms. The van der Waals surface area contributed by atoms with Crippen molar-refractivity contribution >= 4 is 42.7 Å². The van der Waals surface area contributed by atoms with E-state index < -0.39 is 10.0 Å². The molecule has 0 unspecified atom stereocenters. The molecule has 1 saturated heterocycles. The highest BCUT2D eigenvalue weighted by Crippen LogP contribution is 2.27. The van der Waals surface area contributed by atoms with Crippen LogP contribution in [0.4, 0.5) is 5.82 Å². The topological polar surface area (TPSA) is 79.3 Å². The molecule has 0 saturated carbocycles. The number of aromatic nitrogens is 3. The van der Waals surface area contributed by atoms with Gasteiger partial charge in [-0.15, -0.1) is 0 Å².